The molecule has 0 aromatic rings. The molecule has 1 unspecified atom stereocenters. The van der Waals surface area contributed by atoms with Gasteiger partial charge in [0.2, 0.25) is 0 Å². The van der Waals surface area contributed by atoms with Gasteiger partial charge in [-0.2, -0.15) is 0 Å². The molecule has 0 bridgehead atoms. The van der Waals surface area contributed by atoms with Crippen molar-refractivity contribution in [2.24, 2.45) is 5.41 Å². The summed E-state index contributed by atoms with van der Waals surface area (Å²) in [5.74, 6) is -0.645. The van der Waals surface area contributed by atoms with Crippen molar-refractivity contribution in [2.45, 2.75) is 38.2 Å². The van der Waals surface area contributed by atoms with Gasteiger partial charge in [0, 0.05) is 19.7 Å². The van der Waals surface area contributed by atoms with Crippen LogP contribution in [0.3, 0.4) is 0 Å². The van der Waals surface area contributed by atoms with Crippen molar-refractivity contribution in [1.82, 2.24) is 5.32 Å². The van der Waals surface area contributed by atoms with Crippen LogP contribution < -0.4 is 5.32 Å². The lowest BCUT2D eigenvalue weighted by Crippen LogP contribution is -2.47. The summed E-state index contributed by atoms with van der Waals surface area (Å²) in [5, 5.41) is 12.4. The molecule has 1 heterocycles. The van der Waals surface area contributed by atoms with Crippen LogP contribution in [0.25, 0.3) is 0 Å². The maximum absolute atomic E-state index is 11.1. The predicted octanol–water partition coefficient (Wildman–Crippen LogP) is 1.01. The second kappa shape index (κ2) is 4.49. The van der Waals surface area contributed by atoms with Crippen molar-refractivity contribution < 1.29 is 14.6 Å². The third-order valence-electron chi connectivity index (χ3n) is 3.62. The molecule has 4 heteroatoms. The molecule has 2 rings (SSSR count). The lowest BCUT2D eigenvalue weighted by atomic mass is 9.69. The summed E-state index contributed by atoms with van der Waals surface area (Å²) in [6.45, 7) is 2.26. The minimum Gasteiger partial charge on any atom is -0.481 e. The Kier molecular flexibility index (Phi) is 3.26. The Bertz CT molecular complexity index is 232. The molecule has 0 amide bonds. The van der Waals surface area contributed by atoms with Gasteiger partial charge >= 0.3 is 5.97 Å². The number of aliphatic carboxylic acids is 1. The summed E-state index contributed by atoms with van der Waals surface area (Å²) < 4.78 is 5.47. The van der Waals surface area contributed by atoms with E-state index in [4.69, 9.17) is 9.84 Å². The van der Waals surface area contributed by atoms with E-state index < -0.39 is 11.4 Å². The van der Waals surface area contributed by atoms with Crippen molar-refractivity contribution in [2.75, 3.05) is 19.7 Å². The molecule has 15 heavy (non-hydrogen) atoms. The number of rotatable bonds is 5. The first-order valence-corrected chi connectivity index (χ1v) is 5.79. The quantitative estimate of drug-likeness (QED) is 0.715. The fourth-order valence-corrected chi connectivity index (χ4v) is 2.35. The number of carboxylic acids is 1. The van der Waals surface area contributed by atoms with Gasteiger partial charge in [0.05, 0.1) is 11.5 Å². The fraction of sp³-hybridized carbons (Fsp3) is 0.909. The van der Waals surface area contributed by atoms with E-state index >= 15 is 0 Å². The largest absolute Gasteiger partial charge is 0.481 e. The highest BCUT2D eigenvalue weighted by atomic mass is 16.5. The number of carbonyl (C=O) groups is 1. The van der Waals surface area contributed by atoms with Crippen molar-refractivity contribution in [1.29, 1.82) is 0 Å². The van der Waals surface area contributed by atoms with Crippen LogP contribution in [0, 0.1) is 5.41 Å². The van der Waals surface area contributed by atoms with Gasteiger partial charge in [-0.1, -0.05) is 6.42 Å². The van der Waals surface area contributed by atoms with Crippen molar-refractivity contribution in [3.8, 4) is 0 Å². The smallest absolute Gasteiger partial charge is 0.310 e. The summed E-state index contributed by atoms with van der Waals surface area (Å²) in [5.41, 5.74) is -0.474. The van der Waals surface area contributed by atoms with Gasteiger partial charge in [0.15, 0.2) is 0 Å². The van der Waals surface area contributed by atoms with Crippen LogP contribution in [0.1, 0.15) is 32.1 Å². The van der Waals surface area contributed by atoms with Crippen LogP contribution >= 0.6 is 0 Å². The maximum Gasteiger partial charge on any atom is 0.310 e. The van der Waals surface area contributed by atoms with Gasteiger partial charge in [-0.25, -0.2) is 0 Å². The molecule has 0 aromatic carbocycles. The Hall–Kier alpha value is -0.610. The molecule has 86 valence electrons. The molecule has 0 aromatic heterocycles. The van der Waals surface area contributed by atoms with E-state index in [0.717, 1.165) is 45.3 Å². The zero-order valence-electron chi connectivity index (χ0n) is 9.00. The van der Waals surface area contributed by atoms with E-state index in [1.807, 2.05) is 0 Å². The van der Waals surface area contributed by atoms with Gasteiger partial charge < -0.3 is 15.2 Å². The van der Waals surface area contributed by atoms with Crippen LogP contribution in [0.2, 0.25) is 0 Å². The number of carboxylic acid groups (broad SMARTS) is 1. The van der Waals surface area contributed by atoms with Gasteiger partial charge in [-0.15, -0.1) is 0 Å². The standard InChI is InChI=1S/C11H19NO3/c13-10(14)11(4-2-5-11)8-12-7-9-3-1-6-15-9/h9,12H,1-8H2,(H,13,14). The Morgan fingerprint density at radius 3 is 2.73 bits per heavy atom. The average Bonchev–Trinajstić information content (AvgIpc) is 2.61. The zero-order valence-corrected chi connectivity index (χ0v) is 9.00. The van der Waals surface area contributed by atoms with Crippen molar-refractivity contribution in [3.63, 3.8) is 0 Å². The van der Waals surface area contributed by atoms with Crippen LogP contribution in [-0.2, 0) is 9.53 Å². The molecule has 1 atom stereocenters. The highest BCUT2D eigenvalue weighted by Gasteiger charge is 2.43. The monoisotopic (exact) mass is 213 g/mol. The predicted molar refractivity (Wildman–Crippen MR) is 55.8 cm³/mol. The van der Waals surface area contributed by atoms with E-state index in [1.165, 1.54) is 0 Å². The number of ether oxygens (including phenoxy) is 1. The molecule has 2 fully saturated rings. The van der Waals surface area contributed by atoms with E-state index in [1.54, 1.807) is 0 Å². The summed E-state index contributed by atoms with van der Waals surface area (Å²) in [6, 6.07) is 0. The van der Waals surface area contributed by atoms with Crippen LogP contribution in [-0.4, -0.2) is 36.9 Å². The molecule has 2 N–H and O–H groups in total. The summed E-state index contributed by atoms with van der Waals surface area (Å²) >= 11 is 0. The third-order valence-corrected chi connectivity index (χ3v) is 3.62. The van der Waals surface area contributed by atoms with E-state index in [9.17, 15) is 4.79 Å². The molecule has 1 saturated carbocycles. The summed E-state index contributed by atoms with van der Waals surface area (Å²) in [7, 11) is 0. The van der Waals surface area contributed by atoms with Gasteiger partial charge in [-0.3, -0.25) is 4.79 Å². The van der Waals surface area contributed by atoms with E-state index in [2.05, 4.69) is 5.32 Å². The molecular formula is C11H19NO3. The lowest BCUT2D eigenvalue weighted by molar-refractivity contribution is -0.154. The fourth-order valence-electron chi connectivity index (χ4n) is 2.35. The molecule has 1 saturated heterocycles. The highest BCUT2D eigenvalue weighted by Crippen LogP contribution is 2.40. The van der Waals surface area contributed by atoms with Gasteiger partial charge in [-0.05, 0) is 25.7 Å². The van der Waals surface area contributed by atoms with E-state index in [0.29, 0.717) is 12.6 Å². The van der Waals surface area contributed by atoms with Crippen molar-refractivity contribution in [3.05, 3.63) is 0 Å². The second-order valence-electron chi connectivity index (χ2n) is 4.70. The first-order chi connectivity index (χ1) is 7.23. The Morgan fingerprint density at radius 1 is 1.47 bits per heavy atom. The number of nitrogens with one attached hydrogen (secondary N) is 1. The van der Waals surface area contributed by atoms with Crippen LogP contribution in [0.4, 0.5) is 0 Å². The van der Waals surface area contributed by atoms with Crippen LogP contribution in [0.15, 0.2) is 0 Å². The normalized spacial score (nSPS) is 28.7. The molecule has 1 aliphatic heterocycles. The Balaban J connectivity index is 1.69. The lowest BCUT2D eigenvalue weighted by Gasteiger charge is -2.38. The molecule has 0 spiro atoms. The molecular weight excluding hydrogens is 194 g/mol. The second-order valence-corrected chi connectivity index (χ2v) is 4.70. The SMILES string of the molecule is O=C(O)C1(CNCC2CCCO2)CCC1. The molecule has 1 aliphatic carbocycles. The average molecular weight is 213 g/mol. The first kappa shape index (κ1) is 10.9. The minimum atomic E-state index is -0.645. The topological polar surface area (TPSA) is 58.6 Å². The van der Waals surface area contributed by atoms with E-state index in [-0.39, 0.29) is 0 Å². The molecule has 4 nitrogen and oxygen atoms in total. The summed E-state index contributed by atoms with van der Waals surface area (Å²) in [4.78, 5) is 11.1. The van der Waals surface area contributed by atoms with Gasteiger partial charge in [0.1, 0.15) is 0 Å². The summed E-state index contributed by atoms with van der Waals surface area (Å²) in [6.07, 6.45) is 5.23. The molecule has 0 radical (unpaired) electrons. The molecule has 2 aliphatic rings. The Labute approximate surface area is 90.0 Å². The Morgan fingerprint density at radius 2 is 2.27 bits per heavy atom. The van der Waals surface area contributed by atoms with Crippen LogP contribution in [0.5, 0.6) is 0 Å². The maximum atomic E-state index is 11.1. The highest BCUT2D eigenvalue weighted by molar-refractivity contribution is 5.76. The van der Waals surface area contributed by atoms with Gasteiger partial charge in [0.25, 0.3) is 0 Å². The first-order valence-electron chi connectivity index (χ1n) is 5.79. The number of hydrogen-bond acceptors (Lipinski definition) is 3. The van der Waals surface area contributed by atoms with Crippen molar-refractivity contribution >= 4 is 5.97 Å². The third kappa shape index (κ3) is 2.32. The minimum absolute atomic E-state index is 0.302. The zero-order chi connectivity index (χ0) is 10.7. The number of hydrogen-bond donors (Lipinski definition) is 2.